The Morgan fingerprint density at radius 1 is 1.03 bits per heavy atom. The maximum absolute atomic E-state index is 13.2. The number of carbonyl (C=O) groups is 4. The van der Waals surface area contributed by atoms with Crippen LogP contribution in [0.2, 0.25) is 0 Å². The van der Waals surface area contributed by atoms with E-state index in [4.69, 9.17) is 14.2 Å². The second kappa shape index (κ2) is 10.1. The molecule has 5 amide bonds. The van der Waals surface area contributed by atoms with E-state index in [1.165, 1.54) is 33.5 Å². The van der Waals surface area contributed by atoms with Gasteiger partial charge in [-0.05, 0) is 37.5 Å². The van der Waals surface area contributed by atoms with Gasteiger partial charge in [0.15, 0.2) is 11.5 Å². The van der Waals surface area contributed by atoms with Gasteiger partial charge in [0.1, 0.15) is 6.04 Å². The number of fused-ring (bicyclic) bond motifs is 4. The van der Waals surface area contributed by atoms with Crippen LogP contribution in [-0.2, 0) is 14.4 Å². The van der Waals surface area contributed by atoms with Gasteiger partial charge in [0.05, 0.1) is 27.0 Å². The topological polar surface area (TPSA) is 118 Å². The summed E-state index contributed by atoms with van der Waals surface area (Å²) < 4.78 is 16.0. The van der Waals surface area contributed by atoms with Gasteiger partial charge in [-0.3, -0.25) is 14.4 Å². The fourth-order valence-corrected chi connectivity index (χ4v) is 6.41. The van der Waals surface area contributed by atoms with E-state index < -0.39 is 18.0 Å². The van der Waals surface area contributed by atoms with Crippen molar-refractivity contribution in [1.82, 2.24) is 15.1 Å². The van der Waals surface area contributed by atoms with E-state index in [1.54, 1.807) is 0 Å². The summed E-state index contributed by atoms with van der Waals surface area (Å²) in [6.07, 6.45) is 3.98. The molecule has 37 heavy (non-hydrogen) atoms. The molecular formula is C26H34N4O7. The molecule has 0 radical (unpaired) electrons. The zero-order valence-corrected chi connectivity index (χ0v) is 21.5. The maximum Gasteiger partial charge on any atom is 0.329 e. The second-order valence-corrected chi connectivity index (χ2v) is 10.3. The highest BCUT2D eigenvalue weighted by Gasteiger charge is 2.45. The average molecular weight is 515 g/mol. The summed E-state index contributed by atoms with van der Waals surface area (Å²) in [4.78, 5) is 56.4. The molecule has 4 heterocycles. The largest absolute Gasteiger partial charge is 0.493 e. The van der Waals surface area contributed by atoms with Crippen molar-refractivity contribution in [3.05, 3.63) is 12.1 Å². The Hall–Kier alpha value is -3.50. The zero-order valence-electron chi connectivity index (χ0n) is 21.5. The number of anilines is 1. The maximum atomic E-state index is 13.2. The Labute approximate surface area is 216 Å². The SMILES string of the molecule is COc1cc(N2C(=O)NC(CCC(=O)N3C[C@H]4C[C@@H](C3)C3CCCC(=O)N3C4)C2=O)cc(OC)c1OC. The molecule has 0 saturated carbocycles. The lowest BCUT2D eigenvalue weighted by Gasteiger charge is -2.52. The Bertz CT molecular complexity index is 1080. The molecule has 200 valence electrons. The lowest BCUT2D eigenvalue weighted by Crippen LogP contribution is -2.61. The van der Waals surface area contributed by atoms with Gasteiger partial charge in [0.25, 0.3) is 5.91 Å². The van der Waals surface area contributed by atoms with Crippen LogP contribution in [0.1, 0.15) is 38.5 Å². The van der Waals surface area contributed by atoms with Crippen LogP contribution in [0.3, 0.4) is 0 Å². The fraction of sp³-hybridized carbons (Fsp3) is 0.615. The normalized spacial score (nSPS) is 27.1. The summed E-state index contributed by atoms with van der Waals surface area (Å²) in [6.45, 7) is 2.01. The van der Waals surface area contributed by atoms with Crippen LogP contribution in [0.4, 0.5) is 10.5 Å². The first-order valence-electron chi connectivity index (χ1n) is 12.9. The van der Waals surface area contributed by atoms with Crippen molar-refractivity contribution in [3.8, 4) is 17.2 Å². The predicted octanol–water partition coefficient (Wildman–Crippen LogP) is 1.78. The number of amides is 5. The smallest absolute Gasteiger partial charge is 0.329 e. The van der Waals surface area contributed by atoms with E-state index in [1.807, 2.05) is 4.90 Å². The monoisotopic (exact) mass is 514 g/mol. The minimum absolute atomic E-state index is 0.0152. The molecule has 2 unspecified atom stereocenters. The van der Waals surface area contributed by atoms with Crippen LogP contribution < -0.4 is 24.4 Å². The fourth-order valence-electron chi connectivity index (χ4n) is 6.41. The van der Waals surface area contributed by atoms with Gasteiger partial charge in [-0.2, -0.15) is 0 Å². The Morgan fingerprint density at radius 2 is 1.76 bits per heavy atom. The predicted molar refractivity (Wildman–Crippen MR) is 133 cm³/mol. The second-order valence-electron chi connectivity index (χ2n) is 10.3. The lowest BCUT2D eigenvalue weighted by atomic mass is 9.76. The number of piperidine rings is 3. The molecule has 11 heteroatoms. The van der Waals surface area contributed by atoms with Crippen molar-refractivity contribution in [1.29, 1.82) is 0 Å². The van der Waals surface area contributed by atoms with Crippen LogP contribution in [-0.4, -0.2) is 86.6 Å². The van der Waals surface area contributed by atoms with Crippen LogP contribution in [0, 0.1) is 11.8 Å². The van der Waals surface area contributed by atoms with Crippen molar-refractivity contribution in [2.24, 2.45) is 11.8 Å². The molecule has 4 aliphatic rings. The van der Waals surface area contributed by atoms with Crippen molar-refractivity contribution < 1.29 is 33.4 Å². The Morgan fingerprint density at radius 3 is 2.43 bits per heavy atom. The number of nitrogens with one attached hydrogen (secondary N) is 1. The third kappa shape index (κ3) is 4.55. The first-order chi connectivity index (χ1) is 17.8. The van der Waals surface area contributed by atoms with Crippen molar-refractivity contribution in [2.75, 3.05) is 45.9 Å². The summed E-state index contributed by atoms with van der Waals surface area (Å²) in [5, 5.41) is 2.71. The molecule has 1 aromatic rings. The number of urea groups is 1. The quantitative estimate of drug-likeness (QED) is 0.551. The summed E-state index contributed by atoms with van der Waals surface area (Å²) in [5.74, 6) is 1.41. The van der Waals surface area contributed by atoms with Crippen LogP contribution >= 0.6 is 0 Å². The molecular weight excluding hydrogens is 480 g/mol. The third-order valence-corrected chi connectivity index (χ3v) is 8.11. The summed E-state index contributed by atoms with van der Waals surface area (Å²) >= 11 is 0. The number of likely N-dealkylation sites (tertiary alicyclic amines) is 1. The summed E-state index contributed by atoms with van der Waals surface area (Å²) in [7, 11) is 4.39. The average Bonchev–Trinajstić information content (AvgIpc) is 3.19. The van der Waals surface area contributed by atoms with E-state index in [2.05, 4.69) is 10.2 Å². The van der Waals surface area contributed by atoms with Gasteiger partial charge in [0.2, 0.25) is 17.6 Å². The van der Waals surface area contributed by atoms with Crippen LogP contribution in [0.5, 0.6) is 17.2 Å². The molecule has 0 aliphatic carbocycles. The highest BCUT2D eigenvalue weighted by molar-refractivity contribution is 6.21. The molecule has 5 rings (SSSR count). The number of nitrogens with zero attached hydrogens (tertiary/aromatic N) is 3. The van der Waals surface area contributed by atoms with Crippen molar-refractivity contribution >= 4 is 29.4 Å². The minimum Gasteiger partial charge on any atom is -0.493 e. The molecule has 0 aromatic heterocycles. The summed E-state index contributed by atoms with van der Waals surface area (Å²) in [5.41, 5.74) is 0.293. The number of carbonyl (C=O) groups excluding carboxylic acids is 4. The minimum atomic E-state index is -0.800. The molecule has 1 N–H and O–H groups in total. The standard InChI is InChI=1S/C26H34N4O7/c1-35-20-10-17(11-21(36-2)24(20)37-3)30-25(33)18(27-26(30)34)7-8-22(31)28-12-15-9-16(14-28)19-5-4-6-23(32)29(19)13-15/h10-11,15-16,18-19H,4-9,12-14H2,1-3H3,(H,27,34)/t15-,16+,18?,19?/m1/s1. The zero-order chi connectivity index (χ0) is 26.3. The Kier molecular flexibility index (Phi) is 6.87. The number of rotatable bonds is 7. The Balaban J connectivity index is 1.22. The van der Waals surface area contributed by atoms with E-state index in [0.717, 1.165) is 30.7 Å². The van der Waals surface area contributed by atoms with Gasteiger partial charge < -0.3 is 29.3 Å². The van der Waals surface area contributed by atoms with Gasteiger partial charge in [-0.25, -0.2) is 9.69 Å². The number of ether oxygens (including phenoxy) is 3. The molecule has 4 atom stereocenters. The first kappa shape index (κ1) is 25.2. The number of hydrogen-bond donors (Lipinski definition) is 1. The van der Waals surface area contributed by atoms with Crippen molar-refractivity contribution in [2.45, 2.75) is 50.6 Å². The number of benzene rings is 1. The third-order valence-electron chi connectivity index (χ3n) is 8.11. The van der Waals surface area contributed by atoms with E-state index in [9.17, 15) is 19.2 Å². The lowest BCUT2D eigenvalue weighted by molar-refractivity contribution is -0.148. The molecule has 0 spiro atoms. The molecule has 4 saturated heterocycles. The summed E-state index contributed by atoms with van der Waals surface area (Å²) in [6, 6.07) is 1.95. The van der Waals surface area contributed by atoms with Crippen LogP contribution in [0.15, 0.2) is 12.1 Å². The van der Waals surface area contributed by atoms with Gasteiger partial charge >= 0.3 is 6.03 Å². The molecule has 4 fully saturated rings. The first-order valence-corrected chi connectivity index (χ1v) is 12.9. The number of hydrogen-bond acceptors (Lipinski definition) is 7. The van der Waals surface area contributed by atoms with Crippen molar-refractivity contribution in [3.63, 3.8) is 0 Å². The highest BCUT2D eigenvalue weighted by atomic mass is 16.5. The molecule has 4 aliphatic heterocycles. The molecule has 1 aromatic carbocycles. The molecule has 2 bridgehead atoms. The van der Waals surface area contributed by atoms with E-state index in [-0.39, 0.29) is 30.7 Å². The molecule has 11 nitrogen and oxygen atoms in total. The van der Waals surface area contributed by atoms with E-state index in [0.29, 0.717) is 54.3 Å². The number of methoxy groups -OCH3 is 3. The van der Waals surface area contributed by atoms with Crippen LogP contribution in [0.25, 0.3) is 0 Å². The van der Waals surface area contributed by atoms with Gasteiger partial charge in [0, 0.05) is 50.7 Å². The number of imide groups is 1. The van der Waals surface area contributed by atoms with E-state index >= 15 is 0 Å². The highest BCUT2D eigenvalue weighted by Crippen LogP contribution is 2.42. The van der Waals surface area contributed by atoms with Gasteiger partial charge in [-0.1, -0.05) is 0 Å². The van der Waals surface area contributed by atoms with Gasteiger partial charge in [-0.15, -0.1) is 0 Å².